The molecule has 0 saturated carbocycles. The van der Waals surface area contributed by atoms with Crippen LogP contribution in [-0.2, 0) is 0 Å². The first-order valence-corrected chi connectivity index (χ1v) is 5.11. The summed E-state index contributed by atoms with van der Waals surface area (Å²) in [6.07, 6.45) is 0. The number of hydrogen-bond acceptors (Lipinski definition) is 3. The monoisotopic (exact) mass is 208 g/mol. The first kappa shape index (κ1) is 12.0. The van der Waals surface area contributed by atoms with E-state index in [1.807, 2.05) is 24.3 Å². The molecule has 0 fully saturated rings. The highest BCUT2D eigenvalue weighted by Gasteiger charge is 2.25. The Kier molecular flexibility index (Phi) is 3.72. The first-order chi connectivity index (χ1) is 7.01. The highest BCUT2D eigenvalue weighted by Crippen LogP contribution is 2.30. The van der Waals surface area contributed by atoms with Gasteiger partial charge in [0.05, 0.1) is 7.11 Å². The number of benzene rings is 1. The molecular weight excluding hydrogens is 188 g/mol. The third-order valence-corrected chi connectivity index (χ3v) is 2.84. The fourth-order valence-corrected chi connectivity index (χ4v) is 1.39. The SMILES string of the molecule is COc1ccc(C(N)C(C)(C)CN)cc1. The van der Waals surface area contributed by atoms with E-state index in [0.717, 1.165) is 11.3 Å². The van der Waals surface area contributed by atoms with Crippen LogP contribution in [0.4, 0.5) is 0 Å². The van der Waals surface area contributed by atoms with E-state index in [1.165, 1.54) is 0 Å². The molecule has 1 atom stereocenters. The van der Waals surface area contributed by atoms with Gasteiger partial charge in [-0.15, -0.1) is 0 Å². The lowest BCUT2D eigenvalue weighted by Crippen LogP contribution is -2.35. The van der Waals surface area contributed by atoms with Crippen molar-refractivity contribution in [2.75, 3.05) is 13.7 Å². The standard InChI is InChI=1S/C12H20N2O/c1-12(2,8-13)11(14)9-4-6-10(15-3)7-5-9/h4-7,11H,8,13-14H2,1-3H3. The van der Waals surface area contributed by atoms with Crippen LogP contribution in [0, 0.1) is 5.41 Å². The molecule has 0 bridgehead atoms. The largest absolute Gasteiger partial charge is 0.497 e. The number of hydrogen-bond donors (Lipinski definition) is 2. The third-order valence-electron chi connectivity index (χ3n) is 2.84. The molecule has 3 nitrogen and oxygen atoms in total. The lowest BCUT2D eigenvalue weighted by atomic mass is 9.81. The van der Waals surface area contributed by atoms with Crippen molar-refractivity contribution in [2.24, 2.45) is 16.9 Å². The van der Waals surface area contributed by atoms with Crippen LogP contribution in [0.25, 0.3) is 0 Å². The molecule has 3 heteroatoms. The topological polar surface area (TPSA) is 61.3 Å². The lowest BCUT2D eigenvalue weighted by molar-refractivity contribution is 0.301. The van der Waals surface area contributed by atoms with Crippen molar-refractivity contribution in [1.29, 1.82) is 0 Å². The molecule has 0 spiro atoms. The Morgan fingerprint density at radius 3 is 2.20 bits per heavy atom. The first-order valence-electron chi connectivity index (χ1n) is 5.11. The summed E-state index contributed by atoms with van der Waals surface area (Å²) in [5.41, 5.74) is 12.9. The van der Waals surface area contributed by atoms with Gasteiger partial charge < -0.3 is 16.2 Å². The van der Waals surface area contributed by atoms with Gasteiger partial charge in [-0.1, -0.05) is 26.0 Å². The molecular formula is C12H20N2O. The molecule has 15 heavy (non-hydrogen) atoms. The predicted molar refractivity (Wildman–Crippen MR) is 62.8 cm³/mol. The molecule has 1 aromatic carbocycles. The van der Waals surface area contributed by atoms with E-state index in [-0.39, 0.29) is 11.5 Å². The molecule has 1 aromatic rings. The van der Waals surface area contributed by atoms with Crippen LogP contribution < -0.4 is 16.2 Å². The minimum absolute atomic E-state index is 0.0478. The fraction of sp³-hybridized carbons (Fsp3) is 0.500. The summed E-state index contributed by atoms with van der Waals surface area (Å²) in [7, 11) is 1.65. The molecule has 0 saturated heterocycles. The Balaban J connectivity index is 2.87. The third kappa shape index (κ3) is 2.70. The number of nitrogens with two attached hydrogens (primary N) is 2. The van der Waals surface area contributed by atoms with Gasteiger partial charge in [0.15, 0.2) is 0 Å². The summed E-state index contributed by atoms with van der Waals surface area (Å²) >= 11 is 0. The second-order valence-electron chi connectivity index (χ2n) is 4.44. The summed E-state index contributed by atoms with van der Waals surface area (Å²) in [6.45, 7) is 4.71. The average Bonchev–Trinajstić information content (AvgIpc) is 2.28. The van der Waals surface area contributed by atoms with Gasteiger partial charge in [0.25, 0.3) is 0 Å². The number of methoxy groups -OCH3 is 1. The van der Waals surface area contributed by atoms with Gasteiger partial charge in [-0.05, 0) is 29.7 Å². The van der Waals surface area contributed by atoms with Crippen molar-refractivity contribution in [1.82, 2.24) is 0 Å². The minimum Gasteiger partial charge on any atom is -0.497 e. The van der Waals surface area contributed by atoms with Gasteiger partial charge >= 0.3 is 0 Å². The molecule has 0 aliphatic heterocycles. The molecule has 0 heterocycles. The highest BCUT2D eigenvalue weighted by molar-refractivity contribution is 5.29. The van der Waals surface area contributed by atoms with Gasteiger partial charge in [0.1, 0.15) is 5.75 Å². The summed E-state index contributed by atoms with van der Waals surface area (Å²) in [5.74, 6) is 0.844. The zero-order valence-electron chi connectivity index (χ0n) is 9.66. The Bertz CT molecular complexity index is 306. The summed E-state index contributed by atoms with van der Waals surface area (Å²) in [4.78, 5) is 0. The predicted octanol–water partition coefficient (Wildman–Crippen LogP) is 1.68. The van der Waals surface area contributed by atoms with Crippen LogP contribution in [0.2, 0.25) is 0 Å². The van der Waals surface area contributed by atoms with Crippen LogP contribution in [-0.4, -0.2) is 13.7 Å². The van der Waals surface area contributed by atoms with Crippen LogP contribution in [0.15, 0.2) is 24.3 Å². The molecule has 0 aliphatic rings. The van der Waals surface area contributed by atoms with Crippen LogP contribution in [0.5, 0.6) is 5.75 Å². The van der Waals surface area contributed by atoms with Crippen molar-refractivity contribution in [2.45, 2.75) is 19.9 Å². The van der Waals surface area contributed by atoms with Gasteiger partial charge in [0, 0.05) is 6.04 Å². The van der Waals surface area contributed by atoms with Crippen molar-refractivity contribution < 1.29 is 4.74 Å². The maximum atomic E-state index is 6.15. The lowest BCUT2D eigenvalue weighted by Gasteiger charge is -2.30. The van der Waals surface area contributed by atoms with E-state index < -0.39 is 0 Å². The Labute approximate surface area is 91.4 Å². The Hall–Kier alpha value is -1.06. The fourth-order valence-electron chi connectivity index (χ4n) is 1.39. The molecule has 4 N–H and O–H groups in total. The molecule has 84 valence electrons. The summed E-state index contributed by atoms with van der Waals surface area (Å²) in [6, 6.07) is 7.76. The highest BCUT2D eigenvalue weighted by atomic mass is 16.5. The van der Waals surface area contributed by atoms with Gasteiger partial charge in [-0.25, -0.2) is 0 Å². The van der Waals surface area contributed by atoms with Crippen molar-refractivity contribution in [3.8, 4) is 5.75 Å². The van der Waals surface area contributed by atoms with E-state index in [9.17, 15) is 0 Å². The van der Waals surface area contributed by atoms with Gasteiger partial charge in [-0.2, -0.15) is 0 Å². The molecule has 1 rings (SSSR count). The van der Waals surface area contributed by atoms with Gasteiger partial charge in [0.2, 0.25) is 0 Å². The van der Waals surface area contributed by atoms with Crippen molar-refractivity contribution in [3.05, 3.63) is 29.8 Å². The second-order valence-corrected chi connectivity index (χ2v) is 4.44. The van der Waals surface area contributed by atoms with Crippen molar-refractivity contribution >= 4 is 0 Å². The van der Waals surface area contributed by atoms with Gasteiger partial charge in [-0.3, -0.25) is 0 Å². The molecule has 1 unspecified atom stereocenters. The number of rotatable bonds is 4. The number of ether oxygens (including phenoxy) is 1. The molecule has 0 radical (unpaired) electrons. The quantitative estimate of drug-likeness (QED) is 0.791. The Morgan fingerprint density at radius 2 is 1.80 bits per heavy atom. The summed E-state index contributed by atoms with van der Waals surface area (Å²) in [5, 5.41) is 0. The van der Waals surface area contributed by atoms with Crippen LogP contribution in [0.3, 0.4) is 0 Å². The van der Waals surface area contributed by atoms with Crippen molar-refractivity contribution in [3.63, 3.8) is 0 Å². The second kappa shape index (κ2) is 4.64. The Morgan fingerprint density at radius 1 is 1.27 bits per heavy atom. The van der Waals surface area contributed by atoms with Crippen LogP contribution >= 0.6 is 0 Å². The normalized spacial score (nSPS) is 13.7. The minimum atomic E-state index is -0.0887. The molecule has 0 aromatic heterocycles. The van der Waals surface area contributed by atoms with Crippen LogP contribution in [0.1, 0.15) is 25.5 Å². The maximum Gasteiger partial charge on any atom is 0.118 e. The molecule has 0 amide bonds. The maximum absolute atomic E-state index is 6.15. The summed E-state index contributed by atoms with van der Waals surface area (Å²) < 4.78 is 5.10. The zero-order chi connectivity index (χ0) is 11.5. The zero-order valence-corrected chi connectivity index (χ0v) is 9.66. The van der Waals surface area contributed by atoms with E-state index in [2.05, 4.69) is 13.8 Å². The molecule has 0 aliphatic carbocycles. The van der Waals surface area contributed by atoms with E-state index in [0.29, 0.717) is 6.54 Å². The van der Waals surface area contributed by atoms with E-state index >= 15 is 0 Å². The van der Waals surface area contributed by atoms with E-state index in [4.69, 9.17) is 16.2 Å². The smallest absolute Gasteiger partial charge is 0.118 e. The van der Waals surface area contributed by atoms with E-state index in [1.54, 1.807) is 7.11 Å². The average molecular weight is 208 g/mol.